The first kappa shape index (κ1) is 16.5. The monoisotopic (exact) mass is 353 g/mol. The van der Waals surface area contributed by atoms with Crippen LogP contribution in [-0.2, 0) is 19.1 Å². The lowest BCUT2D eigenvalue weighted by molar-refractivity contribution is 0.325. The van der Waals surface area contributed by atoms with E-state index < -0.39 is 25.1 Å². The molecule has 0 spiro atoms. The Kier molecular flexibility index (Phi) is 4.53. The fraction of sp³-hybridized carbons (Fsp3) is 0.500. The summed E-state index contributed by atoms with van der Waals surface area (Å²) < 4.78 is 54.6. The molecule has 0 aromatic heterocycles. The zero-order chi connectivity index (χ0) is 15.8. The summed E-state index contributed by atoms with van der Waals surface area (Å²) in [6.45, 7) is 3.73. The fourth-order valence-electron chi connectivity index (χ4n) is 2.15. The summed E-state index contributed by atoms with van der Waals surface area (Å²) in [5.74, 6) is 0.432. The van der Waals surface area contributed by atoms with Crippen LogP contribution in [0.15, 0.2) is 23.1 Å². The molecule has 1 unspecified atom stereocenters. The Hall–Kier alpha value is -0.830. The summed E-state index contributed by atoms with van der Waals surface area (Å²) in [7, 11) is -2.04. The SMILES string of the molecule is CC(C)CS(=O)(=O)NC1COc2ccc(S(=O)(=O)Cl)cc21. The molecular formula is C12H16ClNO5S2. The van der Waals surface area contributed by atoms with Crippen LogP contribution in [0.2, 0.25) is 0 Å². The number of ether oxygens (including phenoxy) is 1. The highest BCUT2D eigenvalue weighted by Gasteiger charge is 2.29. The van der Waals surface area contributed by atoms with Crippen molar-refractivity contribution in [3.05, 3.63) is 23.8 Å². The van der Waals surface area contributed by atoms with Gasteiger partial charge in [0, 0.05) is 16.2 Å². The van der Waals surface area contributed by atoms with Gasteiger partial charge in [-0.15, -0.1) is 0 Å². The van der Waals surface area contributed by atoms with Gasteiger partial charge in [0.1, 0.15) is 12.4 Å². The molecule has 1 N–H and O–H groups in total. The van der Waals surface area contributed by atoms with Gasteiger partial charge in [-0.25, -0.2) is 21.6 Å². The molecule has 0 saturated heterocycles. The van der Waals surface area contributed by atoms with Crippen molar-refractivity contribution in [1.29, 1.82) is 0 Å². The third-order valence-corrected chi connectivity index (χ3v) is 6.02. The summed E-state index contributed by atoms with van der Waals surface area (Å²) >= 11 is 0. The van der Waals surface area contributed by atoms with Crippen molar-refractivity contribution in [1.82, 2.24) is 4.72 Å². The van der Waals surface area contributed by atoms with Crippen LogP contribution in [0.5, 0.6) is 5.75 Å². The van der Waals surface area contributed by atoms with E-state index in [4.69, 9.17) is 15.4 Å². The molecule has 118 valence electrons. The van der Waals surface area contributed by atoms with Crippen molar-refractivity contribution in [3.63, 3.8) is 0 Å². The predicted octanol–water partition coefficient (Wildman–Crippen LogP) is 1.62. The minimum atomic E-state index is -3.87. The molecule has 21 heavy (non-hydrogen) atoms. The molecule has 2 rings (SSSR count). The van der Waals surface area contributed by atoms with Gasteiger partial charge in [-0.05, 0) is 24.1 Å². The largest absolute Gasteiger partial charge is 0.491 e. The Morgan fingerprint density at radius 3 is 2.57 bits per heavy atom. The summed E-state index contributed by atoms with van der Waals surface area (Å²) in [4.78, 5) is -0.0820. The predicted molar refractivity (Wildman–Crippen MR) is 79.5 cm³/mol. The summed E-state index contributed by atoms with van der Waals surface area (Å²) in [6.07, 6.45) is 0. The first-order valence-electron chi connectivity index (χ1n) is 6.30. The number of hydrogen-bond acceptors (Lipinski definition) is 5. The highest BCUT2D eigenvalue weighted by molar-refractivity contribution is 8.13. The van der Waals surface area contributed by atoms with Gasteiger partial charge in [-0.1, -0.05) is 13.8 Å². The topological polar surface area (TPSA) is 89.5 Å². The molecular weight excluding hydrogens is 338 g/mol. The molecule has 1 heterocycles. The van der Waals surface area contributed by atoms with Crippen LogP contribution in [0.4, 0.5) is 0 Å². The average molecular weight is 354 g/mol. The van der Waals surface area contributed by atoms with E-state index in [0.717, 1.165) is 0 Å². The zero-order valence-corrected chi connectivity index (χ0v) is 13.9. The number of nitrogens with one attached hydrogen (secondary N) is 1. The van der Waals surface area contributed by atoms with Crippen LogP contribution in [0.25, 0.3) is 0 Å². The molecule has 0 saturated carbocycles. The molecule has 0 bridgehead atoms. The molecule has 1 aromatic carbocycles. The van der Waals surface area contributed by atoms with Crippen molar-refractivity contribution >= 4 is 29.8 Å². The fourth-order valence-corrected chi connectivity index (χ4v) is 4.53. The van der Waals surface area contributed by atoms with Crippen LogP contribution in [0.3, 0.4) is 0 Å². The van der Waals surface area contributed by atoms with Crippen molar-refractivity contribution < 1.29 is 21.6 Å². The molecule has 1 aliphatic rings. The van der Waals surface area contributed by atoms with E-state index in [2.05, 4.69) is 4.72 Å². The van der Waals surface area contributed by atoms with Crippen LogP contribution < -0.4 is 9.46 Å². The Morgan fingerprint density at radius 1 is 1.33 bits per heavy atom. The maximum Gasteiger partial charge on any atom is 0.261 e. The maximum atomic E-state index is 12.0. The summed E-state index contributed by atoms with van der Waals surface area (Å²) in [5, 5.41) is 0. The van der Waals surface area contributed by atoms with Gasteiger partial charge in [0.15, 0.2) is 0 Å². The molecule has 0 radical (unpaired) electrons. The lowest BCUT2D eigenvalue weighted by Gasteiger charge is -2.14. The lowest BCUT2D eigenvalue weighted by atomic mass is 10.1. The van der Waals surface area contributed by atoms with E-state index in [1.54, 1.807) is 13.8 Å². The zero-order valence-electron chi connectivity index (χ0n) is 11.5. The van der Waals surface area contributed by atoms with Crippen molar-refractivity contribution in [2.24, 2.45) is 5.92 Å². The van der Waals surface area contributed by atoms with Gasteiger partial charge >= 0.3 is 0 Å². The Morgan fingerprint density at radius 2 is 2.00 bits per heavy atom. The number of rotatable bonds is 5. The lowest BCUT2D eigenvalue weighted by Crippen LogP contribution is -2.33. The number of halogens is 1. The third-order valence-electron chi connectivity index (χ3n) is 2.92. The maximum absolute atomic E-state index is 12.0. The van der Waals surface area contributed by atoms with E-state index in [-0.39, 0.29) is 23.2 Å². The minimum Gasteiger partial charge on any atom is -0.491 e. The van der Waals surface area contributed by atoms with Crippen molar-refractivity contribution in [3.8, 4) is 5.75 Å². The Bertz CT molecular complexity index is 743. The molecule has 1 atom stereocenters. The smallest absolute Gasteiger partial charge is 0.261 e. The standard InChI is InChI=1S/C12H16ClNO5S2/c1-8(2)7-20(15,16)14-11-6-19-12-4-3-9(5-10(11)12)21(13,17)18/h3-5,8,11,14H,6-7H2,1-2H3. The summed E-state index contributed by atoms with van der Waals surface area (Å²) in [6, 6.07) is 3.53. The van der Waals surface area contributed by atoms with Gasteiger partial charge in [-0.2, -0.15) is 0 Å². The molecule has 9 heteroatoms. The number of hydrogen-bond donors (Lipinski definition) is 1. The van der Waals surface area contributed by atoms with E-state index in [0.29, 0.717) is 11.3 Å². The molecule has 6 nitrogen and oxygen atoms in total. The van der Waals surface area contributed by atoms with E-state index in [9.17, 15) is 16.8 Å². The molecule has 0 amide bonds. The van der Waals surface area contributed by atoms with Gasteiger partial charge in [-0.3, -0.25) is 0 Å². The second-order valence-electron chi connectivity index (χ2n) is 5.29. The van der Waals surface area contributed by atoms with Crippen molar-refractivity contribution in [2.45, 2.75) is 24.8 Å². The highest BCUT2D eigenvalue weighted by Crippen LogP contribution is 2.35. The van der Waals surface area contributed by atoms with Crippen LogP contribution >= 0.6 is 10.7 Å². The number of fused-ring (bicyclic) bond motifs is 1. The normalized spacial score (nSPS) is 18.6. The van der Waals surface area contributed by atoms with Crippen LogP contribution in [0, 0.1) is 5.92 Å². The molecule has 0 fully saturated rings. The highest BCUT2D eigenvalue weighted by atomic mass is 35.7. The van der Waals surface area contributed by atoms with Crippen LogP contribution in [-0.4, -0.2) is 29.2 Å². The van der Waals surface area contributed by atoms with Crippen molar-refractivity contribution in [2.75, 3.05) is 12.4 Å². The number of benzene rings is 1. The van der Waals surface area contributed by atoms with E-state index >= 15 is 0 Å². The average Bonchev–Trinajstić information content (AvgIpc) is 2.68. The third kappa shape index (κ3) is 4.09. The molecule has 1 aliphatic heterocycles. The molecule has 0 aliphatic carbocycles. The van der Waals surface area contributed by atoms with Gasteiger partial charge in [0.05, 0.1) is 16.7 Å². The summed E-state index contributed by atoms with van der Waals surface area (Å²) in [5.41, 5.74) is 0.476. The Labute approximate surface area is 128 Å². The van der Waals surface area contributed by atoms with Gasteiger partial charge in [0.2, 0.25) is 10.0 Å². The van der Waals surface area contributed by atoms with E-state index in [1.807, 2.05) is 0 Å². The quantitative estimate of drug-likeness (QED) is 0.812. The number of sulfonamides is 1. The first-order chi connectivity index (χ1) is 9.58. The van der Waals surface area contributed by atoms with Gasteiger partial charge < -0.3 is 4.74 Å². The first-order valence-corrected chi connectivity index (χ1v) is 10.3. The Balaban J connectivity index is 2.29. The second kappa shape index (κ2) is 5.75. The van der Waals surface area contributed by atoms with Gasteiger partial charge in [0.25, 0.3) is 9.05 Å². The molecule has 1 aromatic rings. The van der Waals surface area contributed by atoms with E-state index in [1.165, 1.54) is 18.2 Å². The second-order valence-corrected chi connectivity index (χ2v) is 9.66. The minimum absolute atomic E-state index is 0.00761. The van der Waals surface area contributed by atoms with Crippen LogP contribution in [0.1, 0.15) is 25.5 Å².